The molecule has 0 radical (unpaired) electrons. The molecule has 1 aromatic rings. The zero-order valence-electron chi connectivity index (χ0n) is 18.8. The minimum Gasteiger partial charge on any atom is -0.465 e. The maximum absolute atomic E-state index is 12.8. The third-order valence-electron chi connectivity index (χ3n) is 6.13. The van der Waals surface area contributed by atoms with E-state index in [1.54, 1.807) is 14.0 Å². The number of likely N-dealkylation sites (N-methyl/N-ethyl adjacent to an activating group) is 1. The topological polar surface area (TPSA) is 97.8 Å². The number of esters is 1. The Morgan fingerprint density at radius 2 is 1.84 bits per heavy atom. The summed E-state index contributed by atoms with van der Waals surface area (Å²) in [5.41, 5.74) is 2.23. The van der Waals surface area contributed by atoms with Gasteiger partial charge in [-0.3, -0.25) is 19.8 Å². The van der Waals surface area contributed by atoms with Crippen LogP contribution in [0.3, 0.4) is 0 Å². The summed E-state index contributed by atoms with van der Waals surface area (Å²) in [6, 6.07) is 7.18. The van der Waals surface area contributed by atoms with Crippen molar-refractivity contribution in [1.29, 1.82) is 0 Å². The Kier molecular flexibility index (Phi) is 6.31. The van der Waals surface area contributed by atoms with Crippen molar-refractivity contribution in [3.8, 4) is 0 Å². The van der Waals surface area contributed by atoms with Gasteiger partial charge < -0.3 is 19.4 Å². The van der Waals surface area contributed by atoms with Gasteiger partial charge in [-0.2, -0.15) is 0 Å². The molecule has 1 aromatic carbocycles. The lowest BCUT2D eigenvalue weighted by Gasteiger charge is -2.40. The van der Waals surface area contributed by atoms with Crippen LogP contribution in [0.25, 0.3) is 0 Å². The van der Waals surface area contributed by atoms with Crippen molar-refractivity contribution < 1.29 is 19.1 Å². The second kappa shape index (κ2) is 9.15. The molecule has 4 rings (SSSR count). The van der Waals surface area contributed by atoms with Gasteiger partial charge in [0.05, 0.1) is 13.2 Å². The number of rotatable bonds is 5. The summed E-state index contributed by atoms with van der Waals surface area (Å²) in [5, 5.41) is 2.44. The van der Waals surface area contributed by atoms with Gasteiger partial charge in [-0.15, -0.1) is 0 Å². The molecule has 10 nitrogen and oxygen atoms in total. The molecule has 2 atom stereocenters. The van der Waals surface area contributed by atoms with Crippen LogP contribution in [0.1, 0.15) is 18.1 Å². The van der Waals surface area contributed by atoms with Crippen LogP contribution in [0, 0.1) is 6.92 Å². The van der Waals surface area contributed by atoms with Crippen LogP contribution >= 0.6 is 0 Å². The Morgan fingerprint density at radius 1 is 1.16 bits per heavy atom. The number of aliphatic imine (C=N–C) groups is 1. The molecule has 0 saturated carbocycles. The number of fused-ring (bicyclic) bond motifs is 1. The van der Waals surface area contributed by atoms with Crippen LogP contribution in [0.5, 0.6) is 0 Å². The summed E-state index contributed by atoms with van der Waals surface area (Å²) in [5.74, 6) is 0.168. The third kappa shape index (κ3) is 4.40. The Labute approximate surface area is 187 Å². The number of hydrogen-bond donors (Lipinski definition) is 1. The number of aryl methyl sites for hydroxylation is 1. The van der Waals surface area contributed by atoms with Gasteiger partial charge in [-0.1, -0.05) is 29.8 Å². The molecule has 3 aliphatic rings. The Hall–Kier alpha value is -3.14. The molecule has 32 heavy (non-hydrogen) atoms. The normalized spacial score (nSPS) is 23.7. The Balaban J connectivity index is 1.53. The molecule has 3 heterocycles. The molecule has 2 fully saturated rings. The number of nitrogens with one attached hydrogen (secondary N) is 1. The molecule has 0 aliphatic carbocycles. The van der Waals surface area contributed by atoms with Crippen molar-refractivity contribution in [1.82, 2.24) is 24.9 Å². The quantitative estimate of drug-likeness (QED) is 0.652. The summed E-state index contributed by atoms with van der Waals surface area (Å²) in [4.78, 5) is 49.3. The molecule has 3 amide bonds. The number of imide groups is 1. The average Bonchev–Trinajstić information content (AvgIpc) is 3.14. The van der Waals surface area contributed by atoms with Crippen LogP contribution in [-0.4, -0.2) is 102 Å². The number of urea groups is 1. The first-order valence-corrected chi connectivity index (χ1v) is 11.0. The molecule has 2 saturated heterocycles. The summed E-state index contributed by atoms with van der Waals surface area (Å²) in [6.07, 6.45) is -0.561. The summed E-state index contributed by atoms with van der Waals surface area (Å²) in [7, 11) is 1.66. The molecule has 0 aromatic heterocycles. The lowest BCUT2D eigenvalue weighted by atomic mass is 10.1. The SMILES string of the molecule is CCOC(=O)CN1CCN(C2=NC3C(C(=O)NC(=O)N3C)N2Cc2ccc(C)cc2)CC1. The number of benzene rings is 1. The molecule has 172 valence electrons. The van der Waals surface area contributed by atoms with Crippen molar-refractivity contribution in [3.63, 3.8) is 0 Å². The maximum Gasteiger partial charge on any atom is 0.325 e. The summed E-state index contributed by atoms with van der Waals surface area (Å²) < 4.78 is 5.05. The van der Waals surface area contributed by atoms with E-state index in [9.17, 15) is 14.4 Å². The highest BCUT2D eigenvalue weighted by atomic mass is 16.5. The zero-order valence-corrected chi connectivity index (χ0v) is 18.8. The lowest BCUT2D eigenvalue weighted by Crippen LogP contribution is -2.64. The van der Waals surface area contributed by atoms with E-state index in [-0.39, 0.29) is 18.4 Å². The zero-order chi connectivity index (χ0) is 22.8. The molecular formula is C22H30N6O4. The van der Waals surface area contributed by atoms with E-state index >= 15 is 0 Å². The smallest absolute Gasteiger partial charge is 0.325 e. The van der Waals surface area contributed by atoms with Gasteiger partial charge >= 0.3 is 12.0 Å². The largest absolute Gasteiger partial charge is 0.465 e. The molecule has 2 unspecified atom stereocenters. The average molecular weight is 443 g/mol. The number of nitrogens with zero attached hydrogens (tertiary/aromatic N) is 5. The monoisotopic (exact) mass is 442 g/mol. The van der Waals surface area contributed by atoms with Gasteiger partial charge in [0.2, 0.25) is 0 Å². The molecule has 0 bridgehead atoms. The van der Waals surface area contributed by atoms with Crippen LogP contribution in [0.4, 0.5) is 4.79 Å². The number of piperazine rings is 1. The van der Waals surface area contributed by atoms with E-state index in [1.807, 2.05) is 36.1 Å². The van der Waals surface area contributed by atoms with Gasteiger partial charge in [-0.25, -0.2) is 9.79 Å². The van der Waals surface area contributed by atoms with Crippen LogP contribution < -0.4 is 5.32 Å². The molecular weight excluding hydrogens is 412 g/mol. The lowest BCUT2D eigenvalue weighted by molar-refractivity contribution is -0.144. The minimum atomic E-state index is -0.577. The van der Waals surface area contributed by atoms with E-state index in [0.29, 0.717) is 45.3 Å². The van der Waals surface area contributed by atoms with Gasteiger partial charge in [0.15, 0.2) is 18.2 Å². The molecule has 0 spiro atoms. The second-order valence-electron chi connectivity index (χ2n) is 8.37. The Bertz CT molecular complexity index is 910. The number of carbonyl (C=O) groups is 3. The third-order valence-corrected chi connectivity index (χ3v) is 6.13. The van der Waals surface area contributed by atoms with E-state index in [2.05, 4.69) is 15.1 Å². The number of carbonyl (C=O) groups excluding carboxylic acids is 3. The first kappa shape index (κ1) is 22.1. The maximum atomic E-state index is 12.8. The van der Waals surface area contributed by atoms with Crippen molar-refractivity contribution in [2.24, 2.45) is 4.99 Å². The van der Waals surface area contributed by atoms with E-state index in [0.717, 1.165) is 5.56 Å². The predicted octanol–water partition coefficient (Wildman–Crippen LogP) is 0.224. The number of hydrogen-bond acceptors (Lipinski definition) is 8. The fourth-order valence-electron chi connectivity index (χ4n) is 4.33. The summed E-state index contributed by atoms with van der Waals surface area (Å²) >= 11 is 0. The second-order valence-corrected chi connectivity index (χ2v) is 8.37. The fourth-order valence-corrected chi connectivity index (χ4v) is 4.33. The molecule has 10 heteroatoms. The molecule has 1 N–H and O–H groups in total. The highest BCUT2D eigenvalue weighted by Crippen LogP contribution is 2.27. The standard InChI is InChI=1S/C22H30N6O4/c1-4-32-17(29)14-26-9-11-27(12-10-26)21-23-19-18(20(30)24-22(31)25(19)3)28(21)13-16-7-5-15(2)6-8-16/h5-8,18-19H,4,9-14H2,1-3H3,(H,24,30,31). The minimum absolute atomic E-state index is 0.219. The molecule has 3 aliphatic heterocycles. The van der Waals surface area contributed by atoms with Crippen LogP contribution in [0.15, 0.2) is 29.3 Å². The highest BCUT2D eigenvalue weighted by molar-refractivity contribution is 6.03. The first-order chi connectivity index (χ1) is 15.4. The van der Waals surface area contributed by atoms with Crippen LogP contribution in [0.2, 0.25) is 0 Å². The van der Waals surface area contributed by atoms with Gasteiger partial charge in [0, 0.05) is 39.8 Å². The van der Waals surface area contributed by atoms with Crippen molar-refractivity contribution in [2.45, 2.75) is 32.6 Å². The highest BCUT2D eigenvalue weighted by Gasteiger charge is 2.49. The number of amides is 3. The summed E-state index contributed by atoms with van der Waals surface area (Å²) in [6.45, 7) is 7.70. The number of guanidine groups is 1. The van der Waals surface area contributed by atoms with E-state index < -0.39 is 18.2 Å². The van der Waals surface area contributed by atoms with E-state index in [1.165, 1.54) is 10.5 Å². The van der Waals surface area contributed by atoms with Crippen molar-refractivity contribution in [3.05, 3.63) is 35.4 Å². The van der Waals surface area contributed by atoms with Crippen molar-refractivity contribution in [2.75, 3.05) is 46.4 Å². The Morgan fingerprint density at radius 3 is 2.50 bits per heavy atom. The predicted molar refractivity (Wildman–Crippen MR) is 118 cm³/mol. The number of ether oxygens (including phenoxy) is 1. The van der Waals surface area contributed by atoms with Crippen LogP contribution in [-0.2, 0) is 20.9 Å². The van der Waals surface area contributed by atoms with Crippen molar-refractivity contribution >= 4 is 23.9 Å². The van der Waals surface area contributed by atoms with Gasteiger partial charge in [0.25, 0.3) is 5.91 Å². The first-order valence-electron chi connectivity index (χ1n) is 11.0. The van der Waals surface area contributed by atoms with E-state index in [4.69, 9.17) is 9.73 Å². The van der Waals surface area contributed by atoms with Gasteiger partial charge in [-0.05, 0) is 19.4 Å². The fraction of sp³-hybridized carbons (Fsp3) is 0.545. The van der Waals surface area contributed by atoms with Gasteiger partial charge in [0.1, 0.15) is 0 Å².